The summed E-state index contributed by atoms with van der Waals surface area (Å²) in [4.78, 5) is 14.9. The lowest BCUT2D eigenvalue weighted by Crippen LogP contribution is -2.48. The highest BCUT2D eigenvalue weighted by molar-refractivity contribution is 6.06. The highest BCUT2D eigenvalue weighted by Crippen LogP contribution is 2.37. The summed E-state index contributed by atoms with van der Waals surface area (Å²) in [6.45, 7) is 6.41. The minimum absolute atomic E-state index is 0.00667. The van der Waals surface area contributed by atoms with Crippen LogP contribution in [-0.2, 0) is 4.79 Å². The number of anilines is 2. The maximum atomic E-state index is 13.0. The summed E-state index contributed by atoms with van der Waals surface area (Å²) < 4.78 is 0. The van der Waals surface area contributed by atoms with E-state index in [1.807, 2.05) is 65.6 Å². The quantitative estimate of drug-likeness (QED) is 0.812. The van der Waals surface area contributed by atoms with Gasteiger partial charge in [-0.25, -0.2) is 0 Å². The summed E-state index contributed by atoms with van der Waals surface area (Å²) in [7, 11) is 0. The molecule has 1 aliphatic rings. The first-order chi connectivity index (χ1) is 11.5. The summed E-state index contributed by atoms with van der Waals surface area (Å²) in [6, 6.07) is 18.2. The van der Waals surface area contributed by atoms with Crippen molar-refractivity contribution in [3.63, 3.8) is 0 Å². The summed E-state index contributed by atoms with van der Waals surface area (Å²) >= 11 is 0. The van der Waals surface area contributed by atoms with Crippen molar-refractivity contribution in [2.75, 3.05) is 10.2 Å². The van der Waals surface area contributed by atoms with Gasteiger partial charge in [-0.15, -0.1) is 0 Å². The maximum absolute atomic E-state index is 13.0. The van der Waals surface area contributed by atoms with Gasteiger partial charge >= 0.3 is 0 Å². The topological polar surface area (TPSA) is 32.3 Å². The Morgan fingerprint density at radius 3 is 2.54 bits per heavy atom. The first-order valence-corrected chi connectivity index (χ1v) is 8.40. The molecule has 0 saturated heterocycles. The van der Waals surface area contributed by atoms with Gasteiger partial charge in [-0.3, -0.25) is 4.79 Å². The van der Waals surface area contributed by atoms with Crippen molar-refractivity contribution in [1.29, 1.82) is 0 Å². The minimum atomic E-state index is -0.267. The van der Waals surface area contributed by atoms with E-state index in [-0.39, 0.29) is 11.4 Å². The molecular formula is C21H24N2O. The third-order valence-electron chi connectivity index (χ3n) is 4.40. The van der Waals surface area contributed by atoms with Crippen LogP contribution in [0.1, 0.15) is 32.8 Å². The molecular weight excluding hydrogens is 296 g/mol. The highest BCUT2D eigenvalue weighted by atomic mass is 16.2. The zero-order valence-corrected chi connectivity index (χ0v) is 14.5. The summed E-state index contributed by atoms with van der Waals surface area (Å²) in [5, 5.41) is 3.52. The zero-order chi connectivity index (χ0) is 17.2. The molecule has 1 aliphatic heterocycles. The van der Waals surface area contributed by atoms with Gasteiger partial charge in [0.05, 0.1) is 11.4 Å². The fraction of sp³-hybridized carbons (Fsp3) is 0.286. The van der Waals surface area contributed by atoms with Gasteiger partial charge in [0.15, 0.2) is 0 Å². The van der Waals surface area contributed by atoms with Gasteiger partial charge in [0.25, 0.3) is 5.91 Å². The smallest absolute Gasteiger partial charge is 0.251 e. The Morgan fingerprint density at radius 1 is 1.12 bits per heavy atom. The zero-order valence-electron chi connectivity index (χ0n) is 14.5. The molecule has 0 bridgehead atoms. The minimum Gasteiger partial charge on any atom is -0.381 e. The Balaban J connectivity index is 1.97. The number of nitrogens with zero attached hydrogens (tertiary/aromatic N) is 1. The monoisotopic (exact) mass is 320 g/mol. The SMILES string of the molecule is CC1CC(C)(C)N(C(=O)C=Cc2ccccc2)c2ccccc2N1. The van der Waals surface area contributed by atoms with Gasteiger partial charge in [0.1, 0.15) is 0 Å². The molecule has 0 aromatic heterocycles. The third-order valence-corrected chi connectivity index (χ3v) is 4.40. The van der Waals surface area contributed by atoms with Gasteiger partial charge < -0.3 is 10.2 Å². The molecule has 3 heteroatoms. The second-order valence-corrected chi connectivity index (χ2v) is 7.00. The van der Waals surface area contributed by atoms with Crippen molar-refractivity contribution >= 4 is 23.4 Å². The van der Waals surface area contributed by atoms with Gasteiger partial charge in [-0.1, -0.05) is 42.5 Å². The molecule has 2 aromatic rings. The molecule has 0 fully saturated rings. The first kappa shape index (κ1) is 16.3. The van der Waals surface area contributed by atoms with Gasteiger partial charge in [0, 0.05) is 17.7 Å². The average Bonchev–Trinajstić information content (AvgIpc) is 2.65. The summed E-state index contributed by atoms with van der Waals surface area (Å²) in [6.07, 6.45) is 4.43. The van der Waals surface area contributed by atoms with E-state index in [9.17, 15) is 4.79 Å². The van der Waals surface area contributed by atoms with Crippen LogP contribution in [0.3, 0.4) is 0 Å². The lowest BCUT2D eigenvalue weighted by Gasteiger charge is -2.37. The van der Waals surface area contributed by atoms with Crippen LogP contribution in [0.25, 0.3) is 6.08 Å². The molecule has 3 nitrogen and oxygen atoms in total. The molecule has 1 atom stereocenters. The highest BCUT2D eigenvalue weighted by Gasteiger charge is 2.36. The molecule has 1 N–H and O–H groups in total. The Hall–Kier alpha value is -2.55. The molecule has 0 radical (unpaired) electrons. The van der Waals surface area contributed by atoms with Crippen LogP contribution in [0.4, 0.5) is 11.4 Å². The first-order valence-electron chi connectivity index (χ1n) is 8.40. The fourth-order valence-electron chi connectivity index (χ4n) is 3.50. The van der Waals surface area contributed by atoms with Crippen LogP contribution in [0.2, 0.25) is 0 Å². The van der Waals surface area contributed by atoms with Gasteiger partial charge in [-0.05, 0) is 51.0 Å². The molecule has 3 rings (SSSR count). The Kier molecular flexibility index (Phi) is 4.43. The molecule has 0 saturated carbocycles. The van der Waals surface area contributed by atoms with Crippen molar-refractivity contribution in [3.05, 3.63) is 66.2 Å². The molecule has 24 heavy (non-hydrogen) atoms. The largest absolute Gasteiger partial charge is 0.381 e. The van der Waals surface area contributed by atoms with Crippen LogP contribution in [0.5, 0.6) is 0 Å². The molecule has 0 aliphatic carbocycles. The molecule has 1 heterocycles. The van der Waals surface area contributed by atoms with Crippen molar-refractivity contribution < 1.29 is 4.79 Å². The lowest BCUT2D eigenvalue weighted by atomic mass is 9.94. The second kappa shape index (κ2) is 6.52. The average molecular weight is 320 g/mol. The lowest BCUT2D eigenvalue weighted by molar-refractivity contribution is -0.115. The molecule has 0 spiro atoms. The Morgan fingerprint density at radius 2 is 1.79 bits per heavy atom. The summed E-state index contributed by atoms with van der Waals surface area (Å²) in [5.74, 6) is 0.00667. The Labute approximate surface area is 144 Å². The van der Waals surface area contributed by atoms with Crippen LogP contribution < -0.4 is 10.2 Å². The normalized spacial score (nSPS) is 19.5. The fourth-order valence-corrected chi connectivity index (χ4v) is 3.50. The van der Waals surface area contributed by atoms with E-state index in [1.165, 1.54) is 0 Å². The van der Waals surface area contributed by atoms with Crippen LogP contribution in [0.15, 0.2) is 60.7 Å². The predicted molar refractivity (Wildman–Crippen MR) is 101 cm³/mol. The number of carbonyl (C=O) groups is 1. The summed E-state index contributed by atoms with van der Waals surface area (Å²) in [5.41, 5.74) is 2.71. The van der Waals surface area contributed by atoms with Crippen LogP contribution in [-0.4, -0.2) is 17.5 Å². The van der Waals surface area contributed by atoms with Gasteiger partial charge in [0.2, 0.25) is 0 Å². The van der Waals surface area contributed by atoms with E-state index in [4.69, 9.17) is 0 Å². The molecule has 2 aromatic carbocycles. The number of para-hydroxylation sites is 2. The van der Waals surface area contributed by atoms with Crippen molar-refractivity contribution in [2.45, 2.75) is 38.8 Å². The van der Waals surface area contributed by atoms with Crippen LogP contribution in [0, 0.1) is 0 Å². The molecule has 1 unspecified atom stereocenters. The van der Waals surface area contributed by atoms with Gasteiger partial charge in [-0.2, -0.15) is 0 Å². The number of amides is 1. The number of rotatable bonds is 2. The number of benzene rings is 2. The van der Waals surface area contributed by atoms with Crippen LogP contribution >= 0.6 is 0 Å². The van der Waals surface area contributed by atoms with Crippen molar-refractivity contribution in [1.82, 2.24) is 0 Å². The standard InChI is InChI=1S/C21H24N2O/c1-16-15-21(2,3)23(19-12-8-7-11-18(19)22-16)20(24)14-13-17-9-5-4-6-10-17/h4-14,16,22H,15H2,1-3H3. The number of nitrogens with one attached hydrogen (secondary N) is 1. The van der Waals surface area contributed by atoms with E-state index >= 15 is 0 Å². The number of hydrogen-bond donors (Lipinski definition) is 1. The molecule has 1 amide bonds. The maximum Gasteiger partial charge on any atom is 0.251 e. The van der Waals surface area contributed by atoms with E-state index < -0.39 is 0 Å². The van der Waals surface area contributed by atoms with E-state index in [0.717, 1.165) is 23.4 Å². The second-order valence-electron chi connectivity index (χ2n) is 7.00. The van der Waals surface area contributed by atoms with E-state index in [2.05, 4.69) is 26.1 Å². The Bertz CT molecular complexity index is 749. The number of carbonyl (C=O) groups excluding carboxylic acids is 1. The van der Waals surface area contributed by atoms with Crippen molar-refractivity contribution in [2.24, 2.45) is 0 Å². The van der Waals surface area contributed by atoms with E-state index in [1.54, 1.807) is 6.08 Å². The molecule has 124 valence electrons. The predicted octanol–water partition coefficient (Wildman–Crippen LogP) is 4.72. The van der Waals surface area contributed by atoms with Crippen molar-refractivity contribution in [3.8, 4) is 0 Å². The number of fused-ring (bicyclic) bond motifs is 1. The third kappa shape index (κ3) is 3.35. The van der Waals surface area contributed by atoms with E-state index in [0.29, 0.717) is 6.04 Å². The number of hydrogen-bond acceptors (Lipinski definition) is 2.